The smallest absolute Gasteiger partial charge is 0.187 e. The fraction of sp³-hybridized carbons (Fsp3) is 1.00. The molecule has 0 aromatic rings. The molecule has 292 valence electrons. The van der Waals surface area contributed by atoms with E-state index in [1.165, 1.54) is 27.7 Å². The third-order valence-corrected chi connectivity index (χ3v) is 9.79. The highest BCUT2D eigenvalue weighted by Crippen LogP contribution is 2.35. The van der Waals surface area contributed by atoms with E-state index in [0.29, 0.717) is 0 Å². The van der Waals surface area contributed by atoms with E-state index in [2.05, 4.69) is 0 Å². The molecule has 0 aliphatic carbocycles. The van der Waals surface area contributed by atoms with Gasteiger partial charge in [0.05, 0.1) is 31.0 Å². The average molecular weight is 735 g/mol. The average Bonchev–Trinajstić information content (AvgIpc) is 3.07. The lowest BCUT2D eigenvalue weighted by atomic mass is 9.97. The predicted octanol–water partition coefficient (Wildman–Crippen LogP) is -7.18. The Morgan fingerprint density at radius 1 is 0.360 bits per heavy atom. The molecule has 50 heavy (non-hydrogen) atoms. The molecular formula is C29H50O21. The Morgan fingerprint density at radius 2 is 0.780 bits per heavy atom. The molecule has 5 aliphatic heterocycles. The molecule has 5 fully saturated rings. The van der Waals surface area contributed by atoms with Crippen molar-refractivity contribution in [3.05, 3.63) is 0 Å². The van der Waals surface area contributed by atoms with Crippen molar-refractivity contribution >= 4 is 0 Å². The zero-order valence-electron chi connectivity index (χ0n) is 27.6. The van der Waals surface area contributed by atoms with Gasteiger partial charge in [-0.15, -0.1) is 0 Å². The summed E-state index contributed by atoms with van der Waals surface area (Å²) in [4.78, 5) is 0. The Bertz CT molecular complexity index is 1080. The highest BCUT2D eigenvalue weighted by Gasteiger charge is 2.54. The molecule has 12 N–H and O–H groups in total. The molecule has 5 heterocycles. The fourth-order valence-electron chi connectivity index (χ4n) is 6.46. The molecule has 21 heteroatoms. The summed E-state index contributed by atoms with van der Waals surface area (Å²) in [5, 5.41) is 126. The van der Waals surface area contributed by atoms with E-state index in [9.17, 15) is 61.3 Å². The zero-order chi connectivity index (χ0) is 36.9. The Morgan fingerprint density at radius 3 is 1.30 bits per heavy atom. The first kappa shape index (κ1) is 40.3. The van der Waals surface area contributed by atoms with Gasteiger partial charge in [-0.1, -0.05) is 0 Å². The summed E-state index contributed by atoms with van der Waals surface area (Å²) in [6.07, 6.45) is -37.5. The number of rotatable bonds is 8. The van der Waals surface area contributed by atoms with E-state index < -0.39 is 154 Å². The lowest BCUT2D eigenvalue weighted by molar-refractivity contribution is -0.395. The molecule has 24 atom stereocenters. The van der Waals surface area contributed by atoms with Crippen LogP contribution in [0.5, 0.6) is 0 Å². The first-order valence-corrected chi connectivity index (χ1v) is 16.4. The summed E-state index contributed by atoms with van der Waals surface area (Å²) < 4.78 is 51.0. The molecule has 21 nitrogen and oxygen atoms in total. The van der Waals surface area contributed by atoms with Crippen molar-refractivity contribution in [2.24, 2.45) is 0 Å². The summed E-state index contributed by atoms with van der Waals surface area (Å²) in [6, 6.07) is 0. The van der Waals surface area contributed by atoms with Crippen molar-refractivity contribution in [3.8, 4) is 0 Å². The van der Waals surface area contributed by atoms with Crippen LogP contribution >= 0.6 is 0 Å². The second kappa shape index (κ2) is 16.3. The van der Waals surface area contributed by atoms with E-state index in [1.54, 1.807) is 0 Å². The third-order valence-electron chi connectivity index (χ3n) is 9.79. The monoisotopic (exact) mass is 734 g/mol. The van der Waals surface area contributed by atoms with Crippen molar-refractivity contribution < 1.29 is 104 Å². The summed E-state index contributed by atoms with van der Waals surface area (Å²) in [5.41, 5.74) is 0. The standard InChI is InChI=1S/C29H50O21/c1-6-11(30)16(35)19(38)26(44-6)49-23-15(34)10(5-42-28(23)48-22-14(33)9(4)43-25(41)21(22)40)47-29-24(18(37)13(32)8(3)46-29)50-27-20(39)17(36)12(31)7(2)45-27/h6-41H,5H2,1-4H3/t6-,7-,8-,9-,10-,11-,12+,13+,14-,15+,16+,17+,18+,19-,20-,21-,22+,23-,24-,25?,26+,27+,28+,29+/m1/s1. The van der Waals surface area contributed by atoms with Gasteiger partial charge in [0, 0.05) is 0 Å². The third kappa shape index (κ3) is 7.99. The van der Waals surface area contributed by atoms with Crippen LogP contribution in [0.4, 0.5) is 0 Å². The summed E-state index contributed by atoms with van der Waals surface area (Å²) >= 11 is 0. The lowest BCUT2D eigenvalue weighted by Crippen LogP contribution is -2.66. The van der Waals surface area contributed by atoms with Gasteiger partial charge in [0.15, 0.2) is 31.5 Å². The molecule has 0 spiro atoms. The normalized spacial score (nSPS) is 56.6. The molecular weight excluding hydrogens is 684 g/mol. The Balaban J connectivity index is 1.38. The van der Waals surface area contributed by atoms with Crippen LogP contribution in [-0.2, 0) is 42.6 Å². The topological polar surface area (TPSA) is 326 Å². The van der Waals surface area contributed by atoms with Crippen LogP contribution in [0.2, 0.25) is 0 Å². The number of ether oxygens (including phenoxy) is 9. The van der Waals surface area contributed by atoms with Crippen molar-refractivity contribution in [1.29, 1.82) is 0 Å². The molecule has 0 aromatic heterocycles. The molecule has 5 aliphatic rings. The SMILES string of the molecule is C[C@H]1O[C@@H](O[C@H]2[C@H](O[C@@H]3CO[C@@H](O[C@H]4[C@H](O)[C@@H](C)OC(O)[C@@H]4O)[C@H](O[C@@H]4O[C@H](C)[C@@H](O)[C@H](O)[C@H]4O)[C@H]3O)O[C@H](C)[C@H](O)[C@@H]2O)[C@H](O)[C@@H](O)[C@H]1O. The number of hydrogen-bond donors (Lipinski definition) is 12. The predicted molar refractivity (Wildman–Crippen MR) is 155 cm³/mol. The molecule has 5 rings (SSSR count). The van der Waals surface area contributed by atoms with Crippen LogP contribution in [-0.4, -0.2) is 215 Å². The van der Waals surface area contributed by atoms with E-state index in [-0.39, 0.29) is 0 Å². The zero-order valence-corrected chi connectivity index (χ0v) is 27.6. The maximum atomic E-state index is 11.6. The number of aliphatic hydroxyl groups is 12. The molecule has 0 bridgehead atoms. The molecule has 0 amide bonds. The van der Waals surface area contributed by atoms with Gasteiger partial charge in [-0.05, 0) is 27.7 Å². The van der Waals surface area contributed by atoms with Crippen molar-refractivity contribution in [2.75, 3.05) is 6.61 Å². The minimum atomic E-state index is -1.86. The molecule has 0 radical (unpaired) electrons. The molecule has 0 aromatic carbocycles. The fourth-order valence-corrected chi connectivity index (χ4v) is 6.46. The van der Waals surface area contributed by atoms with Crippen molar-refractivity contribution in [1.82, 2.24) is 0 Å². The van der Waals surface area contributed by atoms with E-state index in [4.69, 9.17) is 42.6 Å². The van der Waals surface area contributed by atoms with Gasteiger partial charge in [-0.2, -0.15) is 0 Å². The van der Waals surface area contributed by atoms with Gasteiger partial charge in [0.2, 0.25) is 0 Å². The second-order valence-corrected chi connectivity index (χ2v) is 13.4. The van der Waals surface area contributed by atoms with Crippen LogP contribution in [0, 0.1) is 0 Å². The van der Waals surface area contributed by atoms with E-state index >= 15 is 0 Å². The van der Waals surface area contributed by atoms with Crippen LogP contribution in [0.25, 0.3) is 0 Å². The van der Waals surface area contributed by atoms with Gasteiger partial charge in [-0.3, -0.25) is 0 Å². The first-order chi connectivity index (χ1) is 23.4. The quantitative estimate of drug-likeness (QED) is 0.110. The van der Waals surface area contributed by atoms with Gasteiger partial charge in [-0.25, -0.2) is 0 Å². The first-order valence-electron chi connectivity index (χ1n) is 16.4. The van der Waals surface area contributed by atoms with Crippen LogP contribution in [0.15, 0.2) is 0 Å². The number of aliphatic hydroxyl groups excluding tert-OH is 12. The largest absolute Gasteiger partial charge is 0.388 e. The van der Waals surface area contributed by atoms with Crippen molar-refractivity contribution in [3.63, 3.8) is 0 Å². The minimum Gasteiger partial charge on any atom is -0.388 e. The molecule has 0 saturated carbocycles. The highest BCUT2D eigenvalue weighted by atomic mass is 16.8. The highest BCUT2D eigenvalue weighted by molar-refractivity contribution is 4.96. The van der Waals surface area contributed by atoms with Gasteiger partial charge in [0.25, 0.3) is 0 Å². The van der Waals surface area contributed by atoms with Gasteiger partial charge < -0.3 is 104 Å². The van der Waals surface area contributed by atoms with Gasteiger partial charge in [0.1, 0.15) is 91.6 Å². The summed E-state index contributed by atoms with van der Waals surface area (Å²) in [6.45, 7) is 5.06. The van der Waals surface area contributed by atoms with E-state index in [0.717, 1.165) is 0 Å². The summed E-state index contributed by atoms with van der Waals surface area (Å²) in [7, 11) is 0. The van der Waals surface area contributed by atoms with Gasteiger partial charge >= 0.3 is 0 Å². The van der Waals surface area contributed by atoms with Crippen LogP contribution in [0.3, 0.4) is 0 Å². The maximum Gasteiger partial charge on any atom is 0.187 e. The Hall–Kier alpha value is -0.840. The van der Waals surface area contributed by atoms with Crippen LogP contribution < -0.4 is 0 Å². The maximum absolute atomic E-state index is 11.6. The molecule has 1 unspecified atom stereocenters. The Labute approximate surface area is 285 Å². The Kier molecular flexibility index (Phi) is 13.1. The van der Waals surface area contributed by atoms with E-state index in [1.807, 2.05) is 0 Å². The van der Waals surface area contributed by atoms with Crippen molar-refractivity contribution in [2.45, 2.75) is 175 Å². The summed E-state index contributed by atoms with van der Waals surface area (Å²) in [5.74, 6) is 0. The lowest BCUT2D eigenvalue weighted by Gasteiger charge is -2.49. The van der Waals surface area contributed by atoms with Crippen LogP contribution in [0.1, 0.15) is 27.7 Å². The minimum absolute atomic E-state index is 0.533. The second-order valence-electron chi connectivity index (χ2n) is 13.4. The molecule has 5 saturated heterocycles. The number of hydrogen-bond acceptors (Lipinski definition) is 21.